The van der Waals surface area contributed by atoms with Gasteiger partial charge in [-0.1, -0.05) is 44.4 Å². The van der Waals surface area contributed by atoms with Gasteiger partial charge in [0, 0.05) is 18.1 Å². The molecule has 0 aliphatic rings. The number of nitrogens with two attached hydrogens (primary N) is 1. The third-order valence-corrected chi connectivity index (χ3v) is 4.47. The molecule has 0 radical (unpaired) electrons. The Morgan fingerprint density at radius 2 is 2.00 bits per heavy atom. The summed E-state index contributed by atoms with van der Waals surface area (Å²) in [6.45, 7) is 4.21. The van der Waals surface area contributed by atoms with Crippen molar-refractivity contribution in [3.63, 3.8) is 0 Å². The van der Waals surface area contributed by atoms with E-state index in [1.54, 1.807) is 11.1 Å². The summed E-state index contributed by atoms with van der Waals surface area (Å²) < 4.78 is 13.9. The summed E-state index contributed by atoms with van der Waals surface area (Å²) in [6, 6.07) is 8.75. The molecule has 0 saturated heterocycles. The monoisotopic (exact) mass is 319 g/mol. The van der Waals surface area contributed by atoms with E-state index in [9.17, 15) is 9.50 Å². The summed E-state index contributed by atoms with van der Waals surface area (Å²) in [5.41, 5.74) is 0.763. The Morgan fingerprint density at radius 1 is 1.26 bits per heavy atom. The highest BCUT2D eigenvalue weighted by Gasteiger charge is 2.30. The largest absolute Gasteiger partial charge is 0.396 e. The lowest BCUT2D eigenvalue weighted by Crippen LogP contribution is -2.52. The van der Waals surface area contributed by atoms with Gasteiger partial charge in [0.05, 0.1) is 16.7 Å². The molecule has 4 nitrogen and oxygen atoms in total. The normalized spacial score (nSPS) is 14.0. The Kier molecular flexibility index (Phi) is 5.91. The average molecular weight is 319 g/mol. The van der Waals surface area contributed by atoms with Gasteiger partial charge >= 0.3 is 0 Å². The molecule has 0 bridgehead atoms. The number of unbranched alkanes of at least 4 members (excludes halogenated alkanes) is 2. The minimum atomic E-state index is -0.547. The fourth-order valence-electron chi connectivity index (χ4n) is 2.98. The lowest BCUT2D eigenvalue weighted by atomic mass is 9.89. The van der Waals surface area contributed by atoms with Crippen LogP contribution in [0.4, 0.5) is 10.1 Å². The average Bonchev–Trinajstić information content (AvgIpc) is 2.54. The van der Waals surface area contributed by atoms with Gasteiger partial charge in [0.25, 0.3) is 0 Å². The Bertz CT molecular complexity index is 649. The second-order valence-corrected chi connectivity index (χ2v) is 6.28. The highest BCUT2D eigenvalue weighted by Crippen LogP contribution is 2.33. The van der Waals surface area contributed by atoms with Crippen molar-refractivity contribution in [2.75, 3.05) is 11.6 Å². The van der Waals surface area contributed by atoms with Crippen LogP contribution in [-0.2, 0) is 0 Å². The number of para-hydroxylation sites is 1. The third-order valence-electron chi connectivity index (χ3n) is 4.47. The van der Waals surface area contributed by atoms with Crippen LogP contribution >= 0.6 is 0 Å². The summed E-state index contributed by atoms with van der Waals surface area (Å²) in [5, 5.41) is 11.9. The zero-order chi connectivity index (χ0) is 16.9. The number of benzene rings is 1. The van der Waals surface area contributed by atoms with Crippen molar-refractivity contribution in [1.29, 1.82) is 0 Å². The van der Waals surface area contributed by atoms with E-state index in [-0.39, 0.29) is 6.61 Å². The third kappa shape index (κ3) is 3.98. The number of rotatable bonds is 8. The highest BCUT2D eigenvalue weighted by molar-refractivity contribution is 5.91. The maximum atomic E-state index is 13.9. The predicted molar refractivity (Wildman–Crippen MR) is 92.6 cm³/mol. The van der Waals surface area contributed by atoms with E-state index in [0.717, 1.165) is 31.1 Å². The van der Waals surface area contributed by atoms with Crippen LogP contribution in [0.25, 0.3) is 10.9 Å². The summed E-state index contributed by atoms with van der Waals surface area (Å²) in [6.07, 6.45) is 4.63. The maximum absolute atomic E-state index is 13.9. The first-order chi connectivity index (χ1) is 11.0. The van der Waals surface area contributed by atoms with Crippen LogP contribution in [0.15, 0.2) is 30.3 Å². The van der Waals surface area contributed by atoms with Crippen LogP contribution in [0.5, 0.6) is 0 Å². The van der Waals surface area contributed by atoms with Gasteiger partial charge in [0.15, 0.2) is 0 Å². The molecule has 0 saturated carbocycles. The summed E-state index contributed by atoms with van der Waals surface area (Å²) >= 11 is 0. The molecule has 23 heavy (non-hydrogen) atoms. The van der Waals surface area contributed by atoms with Crippen LogP contribution in [-0.4, -0.2) is 22.2 Å². The smallest absolute Gasteiger partial charge is 0.215 e. The maximum Gasteiger partial charge on any atom is 0.215 e. The lowest BCUT2D eigenvalue weighted by Gasteiger charge is -2.40. The zero-order valence-electron chi connectivity index (χ0n) is 13.9. The van der Waals surface area contributed by atoms with E-state index < -0.39 is 11.5 Å². The van der Waals surface area contributed by atoms with Crippen molar-refractivity contribution in [2.45, 2.75) is 51.5 Å². The zero-order valence-corrected chi connectivity index (χ0v) is 13.9. The van der Waals surface area contributed by atoms with E-state index in [0.29, 0.717) is 17.6 Å². The fraction of sp³-hybridized carbons (Fsp3) is 0.500. The number of anilines is 1. The van der Waals surface area contributed by atoms with Gasteiger partial charge in [-0.05, 0) is 25.8 Å². The number of nitrogens with zero attached hydrogens (tertiary/aromatic N) is 2. The molecule has 1 aromatic carbocycles. The van der Waals surface area contributed by atoms with Crippen molar-refractivity contribution >= 4 is 16.6 Å². The quantitative estimate of drug-likeness (QED) is 0.336. The number of aromatic nitrogens is 1. The molecule has 1 aromatic heterocycles. The number of halogens is 1. The van der Waals surface area contributed by atoms with Gasteiger partial charge in [-0.3, -0.25) is 0 Å². The van der Waals surface area contributed by atoms with E-state index in [2.05, 4.69) is 11.9 Å². The summed E-state index contributed by atoms with van der Waals surface area (Å²) in [4.78, 5) is 3.92. The molecule has 1 unspecified atom stereocenters. The molecule has 2 aromatic rings. The molecule has 0 amide bonds. The van der Waals surface area contributed by atoms with Crippen molar-refractivity contribution in [2.24, 2.45) is 5.84 Å². The molecule has 5 heteroatoms. The van der Waals surface area contributed by atoms with Gasteiger partial charge in [-0.2, -0.15) is 4.39 Å². The van der Waals surface area contributed by atoms with Crippen LogP contribution in [0.3, 0.4) is 0 Å². The number of hydrogen-bond acceptors (Lipinski definition) is 4. The predicted octanol–water partition coefficient (Wildman–Crippen LogP) is 3.78. The number of fused-ring (bicyclic) bond motifs is 1. The Morgan fingerprint density at radius 3 is 2.70 bits per heavy atom. The van der Waals surface area contributed by atoms with Crippen LogP contribution in [0.1, 0.15) is 46.0 Å². The number of hydrazine groups is 1. The first-order valence-electron chi connectivity index (χ1n) is 8.23. The van der Waals surface area contributed by atoms with E-state index in [4.69, 9.17) is 5.84 Å². The second kappa shape index (κ2) is 7.70. The Hall–Kier alpha value is -1.72. The minimum absolute atomic E-state index is 0.0435. The van der Waals surface area contributed by atoms with Gasteiger partial charge < -0.3 is 10.1 Å². The van der Waals surface area contributed by atoms with Gasteiger partial charge in [-0.15, -0.1) is 0 Å². The molecule has 0 spiro atoms. The van der Waals surface area contributed by atoms with Gasteiger partial charge in [0.2, 0.25) is 5.95 Å². The fourth-order valence-corrected chi connectivity index (χ4v) is 2.98. The van der Waals surface area contributed by atoms with Crippen molar-refractivity contribution in [3.05, 3.63) is 36.3 Å². The van der Waals surface area contributed by atoms with Crippen LogP contribution in [0, 0.1) is 5.95 Å². The van der Waals surface area contributed by atoms with Crippen molar-refractivity contribution in [3.8, 4) is 0 Å². The minimum Gasteiger partial charge on any atom is -0.396 e. The molecule has 0 fully saturated rings. The summed E-state index contributed by atoms with van der Waals surface area (Å²) in [5.74, 6) is 5.86. The molecule has 0 aliphatic carbocycles. The number of hydrogen-bond donors (Lipinski definition) is 2. The number of pyridine rings is 1. The number of aliphatic hydroxyl groups is 1. The van der Waals surface area contributed by atoms with Gasteiger partial charge in [0.1, 0.15) is 0 Å². The van der Waals surface area contributed by atoms with Gasteiger partial charge in [-0.25, -0.2) is 10.8 Å². The molecule has 126 valence electrons. The van der Waals surface area contributed by atoms with Crippen LogP contribution < -0.4 is 10.9 Å². The molecular weight excluding hydrogens is 293 g/mol. The molecular formula is C18H26FN3O. The Labute approximate surface area is 137 Å². The Balaban J connectivity index is 2.41. The first-order valence-corrected chi connectivity index (χ1v) is 8.23. The standard InChI is InChI=1S/C18H26FN3O/c1-3-4-7-10-18(2,11-12-23)22(20)16-13-17(19)21-15-9-6-5-8-14(15)16/h5-6,8-9,13,23H,3-4,7,10-12,20H2,1-2H3. The lowest BCUT2D eigenvalue weighted by molar-refractivity contribution is 0.229. The molecule has 0 aliphatic heterocycles. The first kappa shape index (κ1) is 17.6. The number of aliphatic hydroxyl groups excluding tert-OH is 1. The topological polar surface area (TPSA) is 62.4 Å². The van der Waals surface area contributed by atoms with E-state index >= 15 is 0 Å². The molecule has 1 atom stereocenters. The molecule has 3 N–H and O–H groups in total. The van der Waals surface area contributed by atoms with Crippen molar-refractivity contribution < 1.29 is 9.50 Å². The summed E-state index contributed by atoms with van der Waals surface area (Å²) in [7, 11) is 0. The van der Waals surface area contributed by atoms with Crippen LogP contribution in [0.2, 0.25) is 0 Å². The van der Waals surface area contributed by atoms with E-state index in [1.165, 1.54) is 6.07 Å². The SMILES string of the molecule is CCCCCC(C)(CCO)N(N)c1cc(F)nc2ccccc12. The van der Waals surface area contributed by atoms with E-state index in [1.807, 2.05) is 25.1 Å². The highest BCUT2D eigenvalue weighted by atomic mass is 19.1. The second-order valence-electron chi connectivity index (χ2n) is 6.28. The van der Waals surface area contributed by atoms with Crippen molar-refractivity contribution in [1.82, 2.24) is 4.98 Å². The molecule has 2 rings (SSSR count). The molecule has 1 heterocycles.